The zero-order chi connectivity index (χ0) is 13.2. The Morgan fingerprint density at radius 1 is 1.06 bits per heavy atom. The van der Waals surface area contributed by atoms with Crippen LogP contribution in [0.25, 0.3) is 0 Å². The van der Waals surface area contributed by atoms with Gasteiger partial charge >= 0.3 is 0 Å². The number of benzene rings is 2. The summed E-state index contributed by atoms with van der Waals surface area (Å²) < 4.78 is 27.7. The van der Waals surface area contributed by atoms with Gasteiger partial charge in [-0.15, -0.1) is 0 Å². The molecule has 0 saturated heterocycles. The monoisotopic (exact) mass is 374 g/mol. The van der Waals surface area contributed by atoms with E-state index in [2.05, 4.69) is 27.3 Å². The van der Waals surface area contributed by atoms with Gasteiger partial charge in [0.2, 0.25) is 0 Å². The summed E-state index contributed by atoms with van der Waals surface area (Å²) in [5, 5.41) is 0. The Labute approximate surface area is 119 Å². The summed E-state index contributed by atoms with van der Waals surface area (Å²) in [5.41, 5.74) is 6.53. The average Bonchev–Trinajstić information content (AvgIpc) is 2.28. The van der Waals surface area contributed by atoms with E-state index in [1.54, 1.807) is 30.3 Å². The molecule has 0 aliphatic carbocycles. The van der Waals surface area contributed by atoms with Crippen LogP contribution >= 0.6 is 22.6 Å². The van der Waals surface area contributed by atoms with Crippen LogP contribution in [-0.4, -0.2) is 8.42 Å². The van der Waals surface area contributed by atoms with Crippen LogP contribution in [0.5, 0.6) is 0 Å². The molecule has 0 aromatic heterocycles. The SMILES string of the molecule is Nc1cccc(S(=O)(=O)Nc2cccc(I)c2)c1. The summed E-state index contributed by atoms with van der Waals surface area (Å²) in [4.78, 5) is 0.154. The lowest BCUT2D eigenvalue weighted by atomic mass is 10.3. The Morgan fingerprint density at radius 3 is 2.44 bits per heavy atom. The third-order valence-corrected chi connectivity index (χ3v) is 4.30. The van der Waals surface area contributed by atoms with E-state index in [0.717, 1.165) is 3.57 Å². The van der Waals surface area contributed by atoms with Crippen molar-refractivity contribution in [2.24, 2.45) is 0 Å². The second-order valence-electron chi connectivity index (χ2n) is 3.69. The van der Waals surface area contributed by atoms with Crippen LogP contribution in [-0.2, 0) is 10.0 Å². The van der Waals surface area contributed by atoms with Crippen molar-refractivity contribution in [1.29, 1.82) is 0 Å². The third-order valence-electron chi connectivity index (χ3n) is 2.25. The first-order valence-electron chi connectivity index (χ1n) is 5.11. The first kappa shape index (κ1) is 13.2. The molecule has 3 N–H and O–H groups in total. The number of rotatable bonds is 3. The van der Waals surface area contributed by atoms with Crippen molar-refractivity contribution in [3.05, 3.63) is 52.1 Å². The van der Waals surface area contributed by atoms with Gasteiger partial charge in [0.1, 0.15) is 0 Å². The maximum Gasteiger partial charge on any atom is 0.261 e. The maximum absolute atomic E-state index is 12.1. The lowest BCUT2D eigenvalue weighted by Crippen LogP contribution is -2.13. The molecule has 0 aliphatic rings. The number of hydrogen-bond donors (Lipinski definition) is 2. The number of halogens is 1. The van der Waals surface area contributed by atoms with Crippen LogP contribution < -0.4 is 10.5 Å². The molecule has 0 atom stereocenters. The maximum atomic E-state index is 12.1. The van der Waals surface area contributed by atoms with Crippen molar-refractivity contribution in [3.63, 3.8) is 0 Å². The fraction of sp³-hybridized carbons (Fsp3) is 0. The van der Waals surface area contributed by atoms with E-state index in [1.807, 2.05) is 6.07 Å². The zero-order valence-corrected chi connectivity index (χ0v) is 12.3. The molecule has 0 amide bonds. The minimum atomic E-state index is -3.59. The fourth-order valence-electron chi connectivity index (χ4n) is 1.45. The molecule has 94 valence electrons. The van der Waals surface area contributed by atoms with E-state index in [4.69, 9.17) is 5.73 Å². The summed E-state index contributed by atoms with van der Waals surface area (Å²) in [5.74, 6) is 0. The van der Waals surface area contributed by atoms with E-state index >= 15 is 0 Å². The number of nitrogen functional groups attached to an aromatic ring is 1. The van der Waals surface area contributed by atoms with Gasteiger partial charge in [0.05, 0.1) is 4.90 Å². The number of nitrogens with one attached hydrogen (secondary N) is 1. The minimum Gasteiger partial charge on any atom is -0.399 e. The first-order chi connectivity index (χ1) is 8.47. The lowest BCUT2D eigenvalue weighted by Gasteiger charge is -2.08. The Balaban J connectivity index is 2.33. The molecule has 0 heterocycles. The van der Waals surface area contributed by atoms with Crippen LogP contribution in [0.3, 0.4) is 0 Å². The van der Waals surface area contributed by atoms with Crippen LogP contribution in [0.1, 0.15) is 0 Å². The molecule has 0 radical (unpaired) electrons. The Morgan fingerprint density at radius 2 is 1.78 bits per heavy atom. The number of nitrogens with two attached hydrogens (primary N) is 1. The summed E-state index contributed by atoms with van der Waals surface area (Å²) >= 11 is 2.12. The fourth-order valence-corrected chi connectivity index (χ4v) is 3.09. The molecule has 0 fully saturated rings. The molecule has 6 heteroatoms. The molecule has 0 bridgehead atoms. The van der Waals surface area contributed by atoms with Gasteiger partial charge in [-0.1, -0.05) is 12.1 Å². The molecule has 4 nitrogen and oxygen atoms in total. The predicted molar refractivity (Wildman–Crippen MR) is 80.8 cm³/mol. The van der Waals surface area contributed by atoms with Crippen LogP contribution in [0.2, 0.25) is 0 Å². The van der Waals surface area contributed by atoms with E-state index < -0.39 is 10.0 Å². The van der Waals surface area contributed by atoms with Gasteiger partial charge in [0, 0.05) is 14.9 Å². The van der Waals surface area contributed by atoms with E-state index in [0.29, 0.717) is 11.4 Å². The summed E-state index contributed by atoms with van der Waals surface area (Å²) in [7, 11) is -3.59. The molecule has 0 saturated carbocycles. The highest BCUT2D eigenvalue weighted by molar-refractivity contribution is 14.1. The standard InChI is InChI=1S/C12H11IN2O2S/c13-9-3-1-5-11(7-9)15-18(16,17)12-6-2-4-10(14)8-12/h1-8,15H,14H2. The van der Waals surface area contributed by atoms with Crippen molar-refractivity contribution in [2.45, 2.75) is 4.90 Å². The highest BCUT2D eigenvalue weighted by atomic mass is 127. The predicted octanol–water partition coefficient (Wildman–Crippen LogP) is 2.67. The Bertz CT molecular complexity index is 671. The first-order valence-corrected chi connectivity index (χ1v) is 7.67. The normalized spacial score (nSPS) is 11.2. The van der Waals surface area contributed by atoms with Crippen molar-refractivity contribution in [1.82, 2.24) is 0 Å². The van der Waals surface area contributed by atoms with Gasteiger partial charge in [-0.25, -0.2) is 8.42 Å². The molecular weight excluding hydrogens is 363 g/mol. The van der Waals surface area contributed by atoms with Crippen LogP contribution in [0, 0.1) is 3.57 Å². The third kappa shape index (κ3) is 3.14. The summed E-state index contributed by atoms with van der Waals surface area (Å²) in [6, 6.07) is 13.3. The van der Waals surface area contributed by atoms with Gasteiger partial charge in [-0.05, 0) is 59.0 Å². The highest BCUT2D eigenvalue weighted by Crippen LogP contribution is 2.19. The number of anilines is 2. The van der Waals surface area contributed by atoms with Crippen molar-refractivity contribution < 1.29 is 8.42 Å². The highest BCUT2D eigenvalue weighted by Gasteiger charge is 2.14. The summed E-state index contributed by atoms with van der Waals surface area (Å²) in [6.07, 6.45) is 0. The van der Waals surface area contributed by atoms with E-state index in [-0.39, 0.29) is 4.90 Å². The number of sulfonamides is 1. The quantitative estimate of drug-likeness (QED) is 0.641. The number of hydrogen-bond acceptors (Lipinski definition) is 3. The topological polar surface area (TPSA) is 72.2 Å². The molecule has 18 heavy (non-hydrogen) atoms. The second kappa shape index (κ2) is 5.15. The average molecular weight is 374 g/mol. The minimum absolute atomic E-state index is 0.154. The van der Waals surface area contributed by atoms with E-state index in [9.17, 15) is 8.42 Å². The molecular formula is C12H11IN2O2S. The summed E-state index contributed by atoms with van der Waals surface area (Å²) in [6.45, 7) is 0. The molecule has 2 rings (SSSR count). The molecule has 2 aromatic rings. The van der Waals surface area contributed by atoms with Gasteiger partial charge in [0.15, 0.2) is 0 Å². The van der Waals surface area contributed by atoms with Gasteiger partial charge in [-0.2, -0.15) is 0 Å². The van der Waals surface area contributed by atoms with Gasteiger partial charge in [-0.3, -0.25) is 4.72 Å². The second-order valence-corrected chi connectivity index (χ2v) is 6.62. The molecule has 0 spiro atoms. The van der Waals surface area contributed by atoms with Gasteiger partial charge < -0.3 is 5.73 Å². The lowest BCUT2D eigenvalue weighted by molar-refractivity contribution is 0.601. The largest absolute Gasteiger partial charge is 0.399 e. The van der Waals surface area contributed by atoms with E-state index in [1.165, 1.54) is 12.1 Å². The van der Waals surface area contributed by atoms with Crippen LogP contribution in [0.15, 0.2) is 53.4 Å². The van der Waals surface area contributed by atoms with Crippen molar-refractivity contribution in [2.75, 3.05) is 10.5 Å². The van der Waals surface area contributed by atoms with Crippen molar-refractivity contribution in [3.8, 4) is 0 Å². The van der Waals surface area contributed by atoms with Crippen molar-refractivity contribution >= 4 is 44.0 Å². The molecule has 0 unspecified atom stereocenters. The molecule has 2 aromatic carbocycles. The Kier molecular flexibility index (Phi) is 3.76. The smallest absolute Gasteiger partial charge is 0.261 e. The van der Waals surface area contributed by atoms with Crippen LogP contribution in [0.4, 0.5) is 11.4 Å². The molecule has 0 aliphatic heterocycles. The Hall–Kier alpha value is -1.28. The zero-order valence-electron chi connectivity index (χ0n) is 9.30. The van der Waals surface area contributed by atoms with Gasteiger partial charge in [0.25, 0.3) is 10.0 Å².